The van der Waals surface area contributed by atoms with Gasteiger partial charge in [0.25, 0.3) is 5.91 Å². The second kappa shape index (κ2) is 5.28. The molecule has 1 aliphatic heterocycles. The van der Waals surface area contributed by atoms with Gasteiger partial charge in [0.15, 0.2) is 0 Å². The van der Waals surface area contributed by atoms with E-state index in [9.17, 15) is 4.79 Å². The van der Waals surface area contributed by atoms with Gasteiger partial charge >= 0.3 is 0 Å². The average molecular weight is 289 g/mol. The molecule has 1 fully saturated rings. The number of imidazole rings is 1. The molecule has 0 unspecified atom stereocenters. The van der Waals surface area contributed by atoms with Gasteiger partial charge in [0.05, 0.1) is 24.6 Å². The van der Waals surface area contributed by atoms with Crippen molar-refractivity contribution in [3.05, 3.63) is 30.6 Å². The maximum Gasteiger partial charge on any atom is 0.274 e. The van der Waals surface area contributed by atoms with E-state index < -0.39 is 0 Å². The summed E-state index contributed by atoms with van der Waals surface area (Å²) in [5.41, 5.74) is 0.481. The summed E-state index contributed by atoms with van der Waals surface area (Å²) in [5.74, 6) is -0.0370. The van der Waals surface area contributed by atoms with E-state index in [1.807, 2.05) is 36.9 Å². The van der Waals surface area contributed by atoms with Crippen LogP contribution in [0.1, 0.15) is 16.5 Å². The van der Waals surface area contributed by atoms with Gasteiger partial charge in [0, 0.05) is 32.5 Å². The van der Waals surface area contributed by atoms with Gasteiger partial charge in [-0.1, -0.05) is 5.21 Å². The first-order valence-corrected chi connectivity index (χ1v) is 6.85. The minimum absolute atomic E-state index is 0.0370. The summed E-state index contributed by atoms with van der Waals surface area (Å²) in [6.45, 7) is 1.27. The molecule has 2 atom stereocenters. The number of aryl methyl sites for hydroxylation is 1. The molecular weight excluding hydrogens is 270 g/mol. The Bertz CT molecular complexity index is 618. The fourth-order valence-corrected chi connectivity index (χ4v) is 2.78. The van der Waals surface area contributed by atoms with Crippen LogP contribution in [-0.2, 0) is 7.05 Å². The maximum absolute atomic E-state index is 12.5. The monoisotopic (exact) mass is 289 g/mol. The standard InChI is InChI=1S/C13H19N7O/c1-17(2)11-7-19(8-12(11)20-5-4-15-16-20)13(21)10-6-18(3)9-14-10/h4-6,9,11-12H,7-8H2,1-3H3/t11-,12+/m1/s1. The molecule has 8 heteroatoms. The fourth-order valence-electron chi connectivity index (χ4n) is 2.78. The molecule has 3 heterocycles. The van der Waals surface area contributed by atoms with Crippen LogP contribution in [0, 0.1) is 0 Å². The van der Waals surface area contributed by atoms with E-state index in [4.69, 9.17) is 0 Å². The van der Waals surface area contributed by atoms with Gasteiger partial charge in [0.2, 0.25) is 0 Å². The van der Waals surface area contributed by atoms with Crippen LogP contribution in [0.15, 0.2) is 24.9 Å². The van der Waals surface area contributed by atoms with Crippen molar-refractivity contribution >= 4 is 5.91 Å². The van der Waals surface area contributed by atoms with Crippen LogP contribution in [-0.4, -0.2) is 73.5 Å². The third-order valence-electron chi connectivity index (χ3n) is 3.91. The molecule has 0 radical (unpaired) electrons. The van der Waals surface area contributed by atoms with Crippen LogP contribution >= 0.6 is 0 Å². The summed E-state index contributed by atoms with van der Waals surface area (Å²) in [7, 11) is 5.89. The van der Waals surface area contributed by atoms with Gasteiger partial charge < -0.3 is 14.4 Å². The van der Waals surface area contributed by atoms with E-state index in [1.54, 1.807) is 23.3 Å². The summed E-state index contributed by atoms with van der Waals surface area (Å²) >= 11 is 0. The Kier molecular flexibility index (Phi) is 3.46. The Hall–Kier alpha value is -2.22. The molecule has 1 aliphatic rings. The van der Waals surface area contributed by atoms with Crippen molar-refractivity contribution in [2.45, 2.75) is 12.1 Å². The van der Waals surface area contributed by atoms with E-state index >= 15 is 0 Å². The Morgan fingerprint density at radius 3 is 2.76 bits per heavy atom. The van der Waals surface area contributed by atoms with E-state index in [2.05, 4.69) is 20.2 Å². The van der Waals surface area contributed by atoms with E-state index in [1.165, 1.54) is 0 Å². The Balaban J connectivity index is 1.81. The Labute approximate surface area is 123 Å². The molecular formula is C13H19N7O. The van der Waals surface area contributed by atoms with Crippen molar-refractivity contribution in [3.8, 4) is 0 Å². The van der Waals surface area contributed by atoms with E-state index in [0.29, 0.717) is 18.8 Å². The fraction of sp³-hybridized carbons (Fsp3) is 0.538. The van der Waals surface area contributed by atoms with Crippen molar-refractivity contribution < 1.29 is 4.79 Å². The number of hydrogen-bond acceptors (Lipinski definition) is 5. The highest BCUT2D eigenvalue weighted by Gasteiger charge is 2.38. The number of likely N-dealkylation sites (tertiary alicyclic amines) is 1. The van der Waals surface area contributed by atoms with Crippen molar-refractivity contribution in [1.82, 2.24) is 34.3 Å². The first kappa shape index (κ1) is 13.7. The predicted molar refractivity (Wildman–Crippen MR) is 75.6 cm³/mol. The van der Waals surface area contributed by atoms with Crippen LogP contribution in [0.4, 0.5) is 0 Å². The van der Waals surface area contributed by atoms with Gasteiger partial charge in [-0.05, 0) is 14.1 Å². The highest BCUT2D eigenvalue weighted by molar-refractivity contribution is 5.92. The summed E-state index contributed by atoms with van der Waals surface area (Å²) in [4.78, 5) is 20.6. The third-order valence-corrected chi connectivity index (χ3v) is 3.91. The second-order valence-electron chi connectivity index (χ2n) is 5.62. The van der Waals surface area contributed by atoms with Crippen LogP contribution in [0.5, 0.6) is 0 Å². The number of aromatic nitrogens is 5. The lowest BCUT2D eigenvalue weighted by Gasteiger charge is -2.24. The number of carbonyl (C=O) groups excluding carboxylic acids is 1. The maximum atomic E-state index is 12.5. The summed E-state index contributed by atoms with van der Waals surface area (Å²) in [5, 5.41) is 7.95. The summed E-state index contributed by atoms with van der Waals surface area (Å²) in [6, 6.07) is 0.314. The average Bonchev–Trinajstić information content (AvgIpc) is 3.17. The molecule has 1 saturated heterocycles. The van der Waals surface area contributed by atoms with Crippen molar-refractivity contribution in [3.63, 3.8) is 0 Å². The first-order chi connectivity index (χ1) is 10.1. The lowest BCUT2D eigenvalue weighted by molar-refractivity contribution is 0.0775. The topological polar surface area (TPSA) is 72.1 Å². The zero-order chi connectivity index (χ0) is 15.0. The molecule has 0 aromatic carbocycles. The zero-order valence-corrected chi connectivity index (χ0v) is 12.4. The highest BCUT2D eigenvalue weighted by Crippen LogP contribution is 2.25. The molecule has 2 aromatic heterocycles. The van der Waals surface area contributed by atoms with Gasteiger partial charge in [-0.25, -0.2) is 9.67 Å². The molecule has 112 valence electrons. The smallest absolute Gasteiger partial charge is 0.274 e. The van der Waals surface area contributed by atoms with Gasteiger partial charge in [0.1, 0.15) is 5.69 Å². The van der Waals surface area contributed by atoms with E-state index in [-0.39, 0.29) is 18.0 Å². The molecule has 21 heavy (non-hydrogen) atoms. The van der Waals surface area contributed by atoms with Crippen molar-refractivity contribution in [2.75, 3.05) is 27.2 Å². The molecule has 2 aromatic rings. The molecule has 0 N–H and O–H groups in total. The van der Waals surface area contributed by atoms with Crippen molar-refractivity contribution in [1.29, 1.82) is 0 Å². The molecule has 0 bridgehead atoms. The second-order valence-corrected chi connectivity index (χ2v) is 5.62. The van der Waals surface area contributed by atoms with Crippen LogP contribution < -0.4 is 0 Å². The van der Waals surface area contributed by atoms with Crippen LogP contribution in [0.2, 0.25) is 0 Å². The number of hydrogen-bond donors (Lipinski definition) is 0. The number of amides is 1. The lowest BCUT2D eigenvalue weighted by Crippen LogP contribution is -2.37. The normalized spacial score (nSPS) is 22.2. The minimum atomic E-state index is -0.0370. The molecule has 3 rings (SSSR count). The quantitative estimate of drug-likeness (QED) is 0.771. The Morgan fingerprint density at radius 2 is 2.19 bits per heavy atom. The third kappa shape index (κ3) is 2.54. The molecule has 0 aliphatic carbocycles. The predicted octanol–water partition coefficient (Wildman–Crippen LogP) is -0.361. The van der Waals surface area contributed by atoms with Gasteiger partial charge in [-0.2, -0.15) is 0 Å². The number of carbonyl (C=O) groups is 1. The van der Waals surface area contributed by atoms with E-state index in [0.717, 1.165) is 0 Å². The largest absolute Gasteiger partial charge is 0.340 e. The summed E-state index contributed by atoms with van der Waals surface area (Å²) < 4.78 is 3.61. The van der Waals surface area contributed by atoms with Crippen LogP contribution in [0.25, 0.3) is 0 Å². The highest BCUT2D eigenvalue weighted by atomic mass is 16.2. The molecule has 0 spiro atoms. The number of rotatable bonds is 3. The number of nitrogens with zero attached hydrogens (tertiary/aromatic N) is 7. The Morgan fingerprint density at radius 1 is 1.38 bits per heavy atom. The van der Waals surface area contributed by atoms with Crippen molar-refractivity contribution in [2.24, 2.45) is 7.05 Å². The number of likely N-dealkylation sites (N-methyl/N-ethyl adjacent to an activating group) is 1. The lowest BCUT2D eigenvalue weighted by atomic mass is 10.1. The molecule has 8 nitrogen and oxygen atoms in total. The minimum Gasteiger partial charge on any atom is -0.340 e. The zero-order valence-electron chi connectivity index (χ0n) is 12.4. The van der Waals surface area contributed by atoms with Crippen LogP contribution in [0.3, 0.4) is 0 Å². The van der Waals surface area contributed by atoms with Gasteiger partial charge in [-0.3, -0.25) is 4.79 Å². The molecule has 0 saturated carbocycles. The first-order valence-electron chi connectivity index (χ1n) is 6.85. The summed E-state index contributed by atoms with van der Waals surface area (Å²) in [6.07, 6.45) is 6.89. The molecule has 1 amide bonds. The SMILES string of the molecule is CN(C)[C@@H]1CN(C(=O)c2cn(C)cn2)C[C@@H]1n1ccnn1. The van der Waals surface area contributed by atoms with Gasteiger partial charge in [-0.15, -0.1) is 5.10 Å².